The Bertz CT molecular complexity index is 299. The Morgan fingerprint density at radius 1 is 1.60 bits per heavy atom. The number of nitrogens with one attached hydrogen (secondary N) is 1. The van der Waals surface area contributed by atoms with E-state index in [2.05, 4.69) is 34.2 Å². The molecule has 1 N–H and O–H groups in total. The molecule has 0 aliphatic carbocycles. The van der Waals surface area contributed by atoms with Gasteiger partial charge < -0.3 is 5.32 Å². The van der Waals surface area contributed by atoms with Crippen LogP contribution in [0.5, 0.6) is 0 Å². The minimum Gasteiger partial charge on any atom is -0.316 e. The number of hydrogen-bond donors (Lipinski definition) is 1. The SMILES string of the molecule is CC(C)Cn1nncc1CC1CCNC1. The van der Waals surface area contributed by atoms with Crippen molar-refractivity contribution in [2.24, 2.45) is 11.8 Å². The van der Waals surface area contributed by atoms with Crippen LogP contribution in [0, 0.1) is 11.8 Å². The highest BCUT2D eigenvalue weighted by Gasteiger charge is 2.17. The highest BCUT2D eigenvalue weighted by Crippen LogP contribution is 2.14. The zero-order valence-electron chi connectivity index (χ0n) is 9.61. The van der Waals surface area contributed by atoms with Crippen molar-refractivity contribution in [3.63, 3.8) is 0 Å². The zero-order chi connectivity index (χ0) is 10.7. The highest BCUT2D eigenvalue weighted by atomic mass is 15.4. The van der Waals surface area contributed by atoms with Crippen molar-refractivity contribution >= 4 is 0 Å². The molecule has 0 radical (unpaired) electrons. The maximum atomic E-state index is 4.14. The third kappa shape index (κ3) is 2.78. The molecule has 0 amide bonds. The first kappa shape index (κ1) is 10.6. The molecule has 1 aliphatic rings. The maximum absolute atomic E-state index is 4.14. The second-order valence-electron chi connectivity index (χ2n) is 4.86. The van der Waals surface area contributed by atoms with Crippen molar-refractivity contribution < 1.29 is 0 Å². The van der Waals surface area contributed by atoms with Crippen LogP contribution >= 0.6 is 0 Å². The summed E-state index contributed by atoms with van der Waals surface area (Å²) >= 11 is 0. The maximum Gasteiger partial charge on any atom is 0.0725 e. The first-order chi connectivity index (χ1) is 7.25. The van der Waals surface area contributed by atoms with Gasteiger partial charge in [0.05, 0.1) is 11.9 Å². The summed E-state index contributed by atoms with van der Waals surface area (Å²) in [5.41, 5.74) is 1.29. The van der Waals surface area contributed by atoms with Gasteiger partial charge in [-0.1, -0.05) is 19.1 Å². The fourth-order valence-electron chi connectivity index (χ4n) is 2.12. The molecule has 1 saturated heterocycles. The number of hydrogen-bond acceptors (Lipinski definition) is 3. The van der Waals surface area contributed by atoms with E-state index in [1.54, 1.807) is 0 Å². The molecule has 1 unspecified atom stereocenters. The van der Waals surface area contributed by atoms with Gasteiger partial charge >= 0.3 is 0 Å². The lowest BCUT2D eigenvalue weighted by Crippen LogP contribution is -2.15. The lowest BCUT2D eigenvalue weighted by molar-refractivity contribution is 0.443. The van der Waals surface area contributed by atoms with E-state index in [-0.39, 0.29) is 0 Å². The van der Waals surface area contributed by atoms with Gasteiger partial charge in [-0.15, -0.1) is 5.10 Å². The minimum absolute atomic E-state index is 0.632. The van der Waals surface area contributed by atoms with Gasteiger partial charge in [0.1, 0.15) is 0 Å². The minimum atomic E-state index is 0.632. The van der Waals surface area contributed by atoms with Gasteiger partial charge in [-0.2, -0.15) is 0 Å². The molecular weight excluding hydrogens is 188 g/mol. The molecule has 0 saturated carbocycles. The van der Waals surface area contributed by atoms with Crippen LogP contribution in [0.3, 0.4) is 0 Å². The molecule has 1 aromatic rings. The van der Waals surface area contributed by atoms with E-state index in [1.165, 1.54) is 12.1 Å². The standard InChI is InChI=1S/C11H20N4/c1-9(2)8-15-11(7-13-14-15)5-10-3-4-12-6-10/h7,9-10,12H,3-6,8H2,1-2H3. The smallest absolute Gasteiger partial charge is 0.0725 e. The van der Waals surface area contributed by atoms with Gasteiger partial charge in [0.15, 0.2) is 0 Å². The van der Waals surface area contributed by atoms with Crippen LogP contribution in [-0.4, -0.2) is 28.1 Å². The zero-order valence-corrected chi connectivity index (χ0v) is 9.61. The molecular formula is C11H20N4. The first-order valence-corrected chi connectivity index (χ1v) is 5.84. The summed E-state index contributed by atoms with van der Waals surface area (Å²) in [4.78, 5) is 0. The third-order valence-corrected chi connectivity index (χ3v) is 2.90. The van der Waals surface area contributed by atoms with Crippen molar-refractivity contribution in [2.75, 3.05) is 13.1 Å². The second-order valence-corrected chi connectivity index (χ2v) is 4.86. The monoisotopic (exact) mass is 208 g/mol. The number of rotatable bonds is 4. The lowest BCUT2D eigenvalue weighted by Gasteiger charge is -2.11. The van der Waals surface area contributed by atoms with E-state index in [9.17, 15) is 0 Å². The van der Waals surface area contributed by atoms with Crippen molar-refractivity contribution in [3.8, 4) is 0 Å². The van der Waals surface area contributed by atoms with Crippen molar-refractivity contribution in [2.45, 2.75) is 33.2 Å². The molecule has 1 atom stereocenters. The van der Waals surface area contributed by atoms with Crippen LogP contribution in [0.15, 0.2) is 6.20 Å². The van der Waals surface area contributed by atoms with Crippen molar-refractivity contribution in [3.05, 3.63) is 11.9 Å². The molecule has 2 rings (SSSR count). The Morgan fingerprint density at radius 2 is 2.47 bits per heavy atom. The van der Waals surface area contributed by atoms with Gasteiger partial charge in [-0.3, -0.25) is 0 Å². The Balaban J connectivity index is 1.97. The van der Waals surface area contributed by atoms with E-state index in [0.717, 1.165) is 32.0 Å². The van der Waals surface area contributed by atoms with Crippen molar-refractivity contribution in [1.29, 1.82) is 0 Å². The fourth-order valence-corrected chi connectivity index (χ4v) is 2.12. The van der Waals surface area contributed by atoms with Gasteiger partial charge in [0, 0.05) is 6.54 Å². The summed E-state index contributed by atoms with van der Waals surface area (Å²) in [5.74, 6) is 1.40. The van der Waals surface area contributed by atoms with E-state index >= 15 is 0 Å². The van der Waals surface area contributed by atoms with Crippen LogP contribution in [0.2, 0.25) is 0 Å². The normalized spacial score (nSPS) is 21.4. The lowest BCUT2D eigenvalue weighted by atomic mass is 10.0. The van der Waals surface area contributed by atoms with Crippen LogP contribution in [-0.2, 0) is 13.0 Å². The average Bonchev–Trinajstić information content (AvgIpc) is 2.78. The first-order valence-electron chi connectivity index (χ1n) is 5.84. The molecule has 0 spiro atoms. The summed E-state index contributed by atoms with van der Waals surface area (Å²) in [6, 6.07) is 0. The Kier molecular flexibility index (Phi) is 3.36. The topological polar surface area (TPSA) is 42.7 Å². The number of aromatic nitrogens is 3. The van der Waals surface area contributed by atoms with E-state index in [0.29, 0.717) is 5.92 Å². The van der Waals surface area contributed by atoms with Gasteiger partial charge in [-0.05, 0) is 37.8 Å². The van der Waals surface area contributed by atoms with Crippen LogP contribution in [0.1, 0.15) is 26.0 Å². The molecule has 4 nitrogen and oxygen atoms in total. The van der Waals surface area contributed by atoms with E-state index < -0.39 is 0 Å². The molecule has 0 aromatic carbocycles. The molecule has 1 aliphatic heterocycles. The van der Waals surface area contributed by atoms with Crippen LogP contribution < -0.4 is 5.32 Å². The van der Waals surface area contributed by atoms with Crippen LogP contribution in [0.25, 0.3) is 0 Å². The third-order valence-electron chi connectivity index (χ3n) is 2.90. The average molecular weight is 208 g/mol. The molecule has 2 heterocycles. The summed E-state index contributed by atoms with van der Waals surface area (Å²) in [6.45, 7) is 7.71. The highest BCUT2D eigenvalue weighted by molar-refractivity contribution is 4.97. The molecule has 84 valence electrons. The quantitative estimate of drug-likeness (QED) is 0.805. The van der Waals surface area contributed by atoms with E-state index in [4.69, 9.17) is 0 Å². The second kappa shape index (κ2) is 4.75. The Morgan fingerprint density at radius 3 is 3.13 bits per heavy atom. The van der Waals surface area contributed by atoms with Crippen molar-refractivity contribution in [1.82, 2.24) is 20.3 Å². The molecule has 1 aromatic heterocycles. The molecule has 15 heavy (non-hydrogen) atoms. The predicted molar refractivity (Wildman–Crippen MR) is 59.5 cm³/mol. The van der Waals surface area contributed by atoms with Gasteiger partial charge in [0.25, 0.3) is 0 Å². The summed E-state index contributed by atoms with van der Waals surface area (Å²) in [7, 11) is 0. The summed E-state index contributed by atoms with van der Waals surface area (Å²) < 4.78 is 2.06. The Hall–Kier alpha value is -0.900. The summed E-state index contributed by atoms with van der Waals surface area (Å²) in [5, 5.41) is 11.5. The van der Waals surface area contributed by atoms with Gasteiger partial charge in [0.2, 0.25) is 0 Å². The largest absolute Gasteiger partial charge is 0.316 e. The van der Waals surface area contributed by atoms with Crippen LogP contribution in [0.4, 0.5) is 0 Å². The van der Waals surface area contributed by atoms with E-state index in [1.807, 2.05) is 6.20 Å². The fraction of sp³-hybridized carbons (Fsp3) is 0.818. The number of nitrogens with zero attached hydrogens (tertiary/aromatic N) is 3. The van der Waals surface area contributed by atoms with Gasteiger partial charge in [-0.25, -0.2) is 4.68 Å². The predicted octanol–water partition coefficient (Wildman–Crippen LogP) is 1.09. The molecule has 4 heteroatoms. The Labute approximate surface area is 91.1 Å². The molecule has 1 fully saturated rings. The molecule has 0 bridgehead atoms. The summed E-state index contributed by atoms with van der Waals surface area (Å²) in [6.07, 6.45) is 4.32.